The molecule has 3 aromatic rings. The first-order valence-electron chi connectivity index (χ1n) is 8.47. The van der Waals surface area contributed by atoms with Crippen LogP contribution in [0.15, 0.2) is 64.7 Å². The van der Waals surface area contributed by atoms with Gasteiger partial charge in [0.05, 0.1) is 26.4 Å². The molecule has 0 aliphatic carbocycles. The standard InChI is InChI=1S/C20H17BrN3O2S/c1-22-18-7-6-15(24(25)26)13-19(18)27-20(22)12-14-8-10-23(11-9-21)17-5-3-2-4-16(14)17/h2-8,10,12-13H,9,11H2,1H3/q+1. The van der Waals surface area contributed by atoms with Gasteiger partial charge in [0.2, 0.25) is 5.52 Å². The van der Waals surface area contributed by atoms with Crippen molar-refractivity contribution < 1.29 is 9.49 Å². The number of alkyl halides is 1. The molecule has 0 saturated heterocycles. The third kappa shape index (κ3) is 3.33. The van der Waals surface area contributed by atoms with Gasteiger partial charge in [0.15, 0.2) is 12.7 Å². The lowest BCUT2D eigenvalue weighted by atomic mass is 10.1. The number of benzene rings is 2. The van der Waals surface area contributed by atoms with Crippen LogP contribution >= 0.6 is 27.7 Å². The Kier molecular flexibility index (Phi) is 4.88. The zero-order valence-electron chi connectivity index (χ0n) is 14.6. The van der Waals surface area contributed by atoms with Gasteiger partial charge in [-0.3, -0.25) is 10.1 Å². The molecule has 0 radical (unpaired) electrons. The summed E-state index contributed by atoms with van der Waals surface area (Å²) in [5.41, 5.74) is 3.43. The largest absolute Gasteiger partial charge is 0.338 e. The van der Waals surface area contributed by atoms with E-state index >= 15 is 0 Å². The number of hydrogen-bond acceptors (Lipinski definition) is 4. The Balaban J connectivity index is 1.76. The van der Waals surface area contributed by atoms with E-state index in [1.807, 2.05) is 19.2 Å². The molecule has 0 atom stereocenters. The smallest absolute Gasteiger partial charge is 0.270 e. The van der Waals surface area contributed by atoms with Gasteiger partial charge in [-0.1, -0.05) is 39.8 Å². The van der Waals surface area contributed by atoms with Crippen molar-refractivity contribution in [3.63, 3.8) is 0 Å². The van der Waals surface area contributed by atoms with E-state index < -0.39 is 0 Å². The molecule has 1 aliphatic heterocycles. The molecular formula is C20H17BrN3O2S+. The fourth-order valence-electron chi connectivity index (χ4n) is 3.25. The molecule has 0 unspecified atom stereocenters. The molecule has 0 spiro atoms. The van der Waals surface area contributed by atoms with Crippen molar-refractivity contribution in [2.24, 2.45) is 0 Å². The Labute approximate surface area is 169 Å². The van der Waals surface area contributed by atoms with E-state index in [4.69, 9.17) is 0 Å². The Hall–Kier alpha value is -2.38. The van der Waals surface area contributed by atoms with Crippen molar-refractivity contribution >= 4 is 56.0 Å². The number of rotatable bonds is 4. The van der Waals surface area contributed by atoms with Crippen LogP contribution in [0.25, 0.3) is 17.0 Å². The highest BCUT2D eigenvalue weighted by molar-refractivity contribution is 9.09. The fraction of sp³-hybridized carbons (Fsp3) is 0.150. The topological polar surface area (TPSA) is 50.3 Å². The number of nitro benzene ring substituents is 1. The number of non-ortho nitro benzene ring substituents is 1. The predicted molar refractivity (Wildman–Crippen MR) is 113 cm³/mol. The van der Waals surface area contributed by atoms with Crippen LogP contribution in [0, 0.1) is 10.1 Å². The van der Waals surface area contributed by atoms with Gasteiger partial charge in [0, 0.05) is 36.2 Å². The fourth-order valence-corrected chi connectivity index (χ4v) is 4.77. The lowest BCUT2D eigenvalue weighted by molar-refractivity contribution is -0.666. The molecule has 4 rings (SSSR count). The Morgan fingerprint density at radius 2 is 2.07 bits per heavy atom. The van der Waals surface area contributed by atoms with E-state index in [9.17, 15) is 10.1 Å². The van der Waals surface area contributed by atoms with Gasteiger partial charge >= 0.3 is 0 Å². The Morgan fingerprint density at radius 1 is 1.26 bits per heavy atom. The number of aromatic nitrogens is 1. The number of nitrogens with zero attached hydrogens (tertiary/aromatic N) is 3. The maximum absolute atomic E-state index is 11.0. The summed E-state index contributed by atoms with van der Waals surface area (Å²) in [4.78, 5) is 13.7. The van der Waals surface area contributed by atoms with Crippen molar-refractivity contribution in [2.75, 3.05) is 17.3 Å². The lowest BCUT2D eigenvalue weighted by Crippen LogP contribution is -2.35. The van der Waals surface area contributed by atoms with E-state index in [0.29, 0.717) is 0 Å². The third-order valence-electron chi connectivity index (χ3n) is 4.62. The average molecular weight is 443 g/mol. The van der Waals surface area contributed by atoms with Crippen LogP contribution in [0.5, 0.6) is 0 Å². The number of halogens is 1. The number of aryl methyl sites for hydroxylation is 1. The molecule has 5 nitrogen and oxygen atoms in total. The summed E-state index contributed by atoms with van der Waals surface area (Å²) in [6.45, 7) is 0.904. The molecule has 0 saturated carbocycles. The molecule has 7 heteroatoms. The second-order valence-electron chi connectivity index (χ2n) is 6.22. The third-order valence-corrected chi connectivity index (χ3v) is 6.13. The minimum Gasteiger partial charge on any atom is -0.338 e. The first-order valence-corrected chi connectivity index (χ1v) is 10.4. The highest BCUT2D eigenvalue weighted by Crippen LogP contribution is 2.47. The van der Waals surface area contributed by atoms with Crippen LogP contribution in [0.1, 0.15) is 5.56 Å². The molecule has 136 valence electrons. The molecule has 27 heavy (non-hydrogen) atoms. The van der Waals surface area contributed by atoms with Crippen molar-refractivity contribution in [3.05, 3.63) is 75.4 Å². The van der Waals surface area contributed by atoms with E-state index in [2.05, 4.69) is 61.9 Å². The summed E-state index contributed by atoms with van der Waals surface area (Å²) >= 11 is 5.07. The molecule has 2 heterocycles. The summed E-state index contributed by atoms with van der Waals surface area (Å²) in [6, 6.07) is 15.5. The monoisotopic (exact) mass is 442 g/mol. The van der Waals surface area contributed by atoms with Gasteiger partial charge in [0.25, 0.3) is 5.69 Å². The second-order valence-corrected chi connectivity index (χ2v) is 8.08. The number of para-hydroxylation sites is 1. The zero-order valence-corrected chi connectivity index (χ0v) is 17.0. The summed E-state index contributed by atoms with van der Waals surface area (Å²) in [6.07, 6.45) is 4.25. The van der Waals surface area contributed by atoms with Crippen LogP contribution in [0.2, 0.25) is 0 Å². The van der Waals surface area contributed by atoms with E-state index in [1.54, 1.807) is 23.9 Å². The SMILES string of the molecule is CN1/C(=C\c2cc[n+](CCBr)c3ccccc23)Sc2cc([N+](=O)[O-])ccc21. The van der Waals surface area contributed by atoms with Gasteiger partial charge in [-0.15, -0.1) is 0 Å². The molecule has 0 N–H and O–H groups in total. The van der Waals surface area contributed by atoms with Crippen LogP contribution in [0.4, 0.5) is 11.4 Å². The summed E-state index contributed by atoms with van der Waals surface area (Å²) in [7, 11) is 1.99. The van der Waals surface area contributed by atoms with E-state index in [0.717, 1.165) is 33.1 Å². The molecule has 0 amide bonds. The number of fused-ring (bicyclic) bond motifs is 2. The highest BCUT2D eigenvalue weighted by Gasteiger charge is 2.25. The van der Waals surface area contributed by atoms with Crippen LogP contribution in [-0.4, -0.2) is 17.3 Å². The normalized spacial score (nSPS) is 14.7. The van der Waals surface area contributed by atoms with Gasteiger partial charge in [0.1, 0.15) is 0 Å². The molecule has 2 aromatic carbocycles. The highest BCUT2D eigenvalue weighted by atomic mass is 79.9. The number of hydrogen-bond donors (Lipinski definition) is 0. The Bertz CT molecular complexity index is 1080. The van der Waals surface area contributed by atoms with E-state index in [1.165, 1.54) is 10.9 Å². The first kappa shape index (κ1) is 18.0. The summed E-state index contributed by atoms with van der Waals surface area (Å²) in [5, 5.41) is 14.2. The number of anilines is 1. The van der Waals surface area contributed by atoms with Crippen molar-refractivity contribution in [3.8, 4) is 0 Å². The maximum Gasteiger partial charge on any atom is 0.270 e. The minimum absolute atomic E-state index is 0.122. The van der Waals surface area contributed by atoms with Crippen LogP contribution in [0.3, 0.4) is 0 Å². The average Bonchev–Trinajstić information content (AvgIpc) is 2.99. The van der Waals surface area contributed by atoms with Crippen molar-refractivity contribution in [1.29, 1.82) is 0 Å². The molecule has 1 aliphatic rings. The Morgan fingerprint density at radius 3 is 2.85 bits per heavy atom. The first-order chi connectivity index (χ1) is 13.1. The van der Waals surface area contributed by atoms with Gasteiger partial charge in [-0.05, 0) is 23.8 Å². The lowest BCUT2D eigenvalue weighted by Gasteiger charge is -2.13. The van der Waals surface area contributed by atoms with Crippen LogP contribution < -0.4 is 9.47 Å². The molecule has 1 aromatic heterocycles. The predicted octanol–water partition coefficient (Wildman–Crippen LogP) is 4.97. The maximum atomic E-state index is 11.0. The molecule has 0 fully saturated rings. The van der Waals surface area contributed by atoms with Crippen LogP contribution in [-0.2, 0) is 6.54 Å². The number of pyridine rings is 1. The quantitative estimate of drug-likeness (QED) is 0.247. The van der Waals surface area contributed by atoms with E-state index in [-0.39, 0.29) is 10.6 Å². The van der Waals surface area contributed by atoms with Crippen molar-refractivity contribution in [1.82, 2.24) is 0 Å². The number of nitro groups is 1. The second kappa shape index (κ2) is 7.32. The summed E-state index contributed by atoms with van der Waals surface area (Å²) < 4.78 is 2.23. The zero-order chi connectivity index (χ0) is 19.0. The van der Waals surface area contributed by atoms with Gasteiger partial charge in [-0.25, -0.2) is 0 Å². The molecule has 0 bridgehead atoms. The van der Waals surface area contributed by atoms with Crippen molar-refractivity contribution in [2.45, 2.75) is 11.4 Å². The van der Waals surface area contributed by atoms with Gasteiger partial charge in [-0.2, -0.15) is 4.57 Å². The number of thioether (sulfide) groups is 1. The van der Waals surface area contributed by atoms with Gasteiger partial charge < -0.3 is 4.90 Å². The molecular weight excluding hydrogens is 426 g/mol. The summed E-state index contributed by atoms with van der Waals surface area (Å²) in [5.74, 6) is 0. The minimum atomic E-state index is -0.351.